The molecule has 0 fully saturated rings. The van der Waals surface area contributed by atoms with Crippen molar-refractivity contribution in [1.82, 2.24) is 0 Å². The van der Waals surface area contributed by atoms with Crippen LogP contribution in [-0.4, -0.2) is 6.72 Å². The third-order valence-electron chi connectivity index (χ3n) is 1.11. The van der Waals surface area contributed by atoms with E-state index in [4.69, 9.17) is 0 Å². The van der Waals surface area contributed by atoms with Crippen LogP contribution in [0.15, 0.2) is 28.9 Å². The predicted molar refractivity (Wildman–Crippen MR) is 38.1 cm³/mol. The normalized spacial score (nSPS) is 12.2. The van der Waals surface area contributed by atoms with E-state index in [9.17, 15) is 0 Å². The fourth-order valence-corrected chi connectivity index (χ4v) is 0.272. The van der Waals surface area contributed by atoms with E-state index in [0.29, 0.717) is 0 Å². The summed E-state index contributed by atoms with van der Waals surface area (Å²) in [5, 5.41) is 0. The molecule has 1 heteroatoms. The van der Waals surface area contributed by atoms with Gasteiger partial charge >= 0.3 is 0 Å². The Hall–Kier alpha value is -0.850. The van der Waals surface area contributed by atoms with Crippen LogP contribution in [0.4, 0.5) is 0 Å². The lowest BCUT2D eigenvalue weighted by Gasteiger charge is -1.91. The van der Waals surface area contributed by atoms with Gasteiger partial charge in [-0.15, -0.1) is 0 Å². The monoisotopic (exact) mass is 109 g/mol. The van der Waals surface area contributed by atoms with Gasteiger partial charge in [-0.3, -0.25) is 4.99 Å². The van der Waals surface area contributed by atoms with Gasteiger partial charge in [-0.1, -0.05) is 12.7 Å². The van der Waals surface area contributed by atoms with Gasteiger partial charge in [0.1, 0.15) is 0 Å². The van der Waals surface area contributed by atoms with Crippen LogP contribution in [0, 0.1) is 0 Å². The van der Waals surface area contributed by atoms with Gasteiger partial charge in [0.25, 0.3) is 0 Å². The molecule has 0 radical (unpaired) electrons. The van der Waals surface area contributed by atoms with E-state index in [1.165, 1.54) is 0 Å². The zero-order chi connectivity index (χ0) is 6.57. The van der Waals surface area contributed by atoms with Crippen LogP contribution in [0.25, 0.3) is 0 Å². The summed E-state index contributed by atoms with van der Waals surface area (Å²) in [6, 6.07) is 0. The summed E-state index contributed by atoms with van der Waals surface area (Å²) in [7, 11) is 0. The minimum atomic E-state index is 0.944. The lowest BCUT2D eigenvalue weighted by Crippen LogP contribution is -1.72. The molecule has 0 saturated carbocycles. The summed E-state index contributed by atoms with van der Waals surface area (Å²) in [4.78, 5) is 3.72. The molecule has 1 nitrogen and oxygen atoms in total. The lowest BCUT2D eigenvalue weighted by atomic mass is 10.2. The molecular formula is C7H11N. The van der Waals surface area contributed by atoms with Crippen molar-refractivity contribution in [2.75, 3.05) is 0 Å². The number of hydrogen-bond donors (Lipinski definition) is 0. The first-order valence-corrected chi connectivity index (χ1v) is 2.49. The van der Waals surface area contributed by atoms with Gasteiger partial charge in [0.2, 0.25) is 0 Å². The summed E-state index contributed by atoms with van der Waals surface area (Å²) in [5.41, 5.74) is 2.03. The van der Waals surface area contributed by atoms with Crippen molar-refractivity contribution in [2.45, 2.75) is 13.8 Å². The summed E-state index contributed by atoms with van der Waals surface area (Å²) in [5.74, 6) is 0. The molecule has 0 aromatic heterocycles. The van der Waals surface area contributed by atoms with E-state index in [-0.39, 0.29) is 0 Å². The first kappa shape index (κ1) is 7.15. The zero-order valence-electron chi connectivity index (χ0n) is 5.44. The Balaban J connectivity index is 4.25. The molecule has 0 aliphatic rings. The number of rotatable bonds is 2. The average molecular weight is 109 g/mol. The van der Waals surface area contributed by atoms with Crippen molar-refractivity contribution < 1.29 is 0 Å². The topological polar surface area (TPSA) is 12.4 Å². The largest absolute Gasteiger partial charge is 0.269 e. The molecule has 0 aromatic rings. The third kappa shape index (κ3) is 1.73. The Morgan fingerprint density at radius 1 is 1.50 bits per heavy atom. The second-order valence-corrected chi connectivity index (χ2v) is 1.63. The molecule has 0 spiro atoms. The number of aliphatic imine (C=N–C) groups is 1. The molecule has 44 valence electrons. The van der Waals surface area contributed by atoms with Gasteiger partial charge in [-0.05, 0) is 26.1 Å². The maximum atomic E-state index is 3.72. The zero-order valence-corrected chi connectivity index (χ0v) is 5.44. The molecule has 0 bridgehead atoms. The van der Waals surface area contributed by atoms with Crippen LogP contribution >= 0.6 is 0 Å². The fourth-order valence-electron chi connectivity index (χ4n) is 0.272. The SMILES string of the molecule is C=C/C(C)=C(/C)N=C. The minimum absolute atomic E-state index is 0.944. The summed E-state index contributed by atoms with van der Waals surface area (Å²) in [6.07, 6.45) is 1.77. The van der Waals surface area contributed by atoms with Gasteiger partial charge in [-0.25, -0.2) is 0 Å². The maximum absolute atomic E-state index is 3.72. The highest BCUT2D eigenvalue weighted by atomic mass is 14.7. The van der Waals surface area contributed by atoms with E-state index < -0.39 is 0 Å². The van der Waals surface area contributed by atoms with Gasteiger partial charge in [0, 0.05) is 5.70 Å². The molecular weight excluding hydrogens is 98.1 g/mol. The van der Waals surface area contributed by atoms with Crippen LogP contribution in [0.2, 0.25) is 0 Å². The molecule has 0 N–H and O–H groups in total. The molecule has 0 saturated heterocycles. The highest BCUT2D eigenvalue weighted by Gasteiger charge is 1.83. The van der Waals surface area contributed by atoms with Gasteiger partial charge in [0.05, 0.1) is 0 Å². The summed E-state index contributed by atoms with van der Waals surface area (Å²) < 4.78 is 0. The van der Waals surface area contributed by atoms with Crippen LogP contribution in [0.3, 0.4) is 0 Å². The van der Waals surface area contributed by atoms with Gasteiger partial charge in [0.15, 0.2) is 0 Å². The molecule has 0 unspecified atom stereocenters. The minimum Gasteiger partial charge on any atom is -0.269 e. The molecule has 0 heterocycles. The molecule has 0 atom stereocenters. The molecule has 8 heavy (non-hydrogen) atoms. The Morgan fingerprint density at radius 2 is 2.00 bits per heavy atom. The van der Waals surface area contributed by atoms with Crippen LogP contribution in [-0.2, 0) is 0 Å². The maximum Gasteiger partial charge on any atom is 0.0394 e. The number of allylic oxidation sites excluding steroid dienone is 3. The van der Waals surface area contributed by atoms with E-state index in [2.05, 4.69) is 18.3 Å². The van der Waals surface area contributed by atoms with Crippen LogP contribution in [0.1, 0.15) is 13.8 Å². The Labute approximate surface area is 50.4 Å². The van der Waals surface area contributed by atoms with E-state index in [1.54, 1.807) is 6.08 Å². The number of hydrogen-bond acceptors (Lipinski definition) is 1. The smallest absolute Gasteiger partial charge is 0.0394 e. The first-order chi connectivity index (χ1) is 3.72. The second kappa shape index (κ2) is 3.19. The highest BCUT2D eigenvalue weighted by Crippen LogP contribution is 2.02. The molecule has 0 amide bonds. The van der Waals surface area contributed by atoms with Crippen molar-refractivity contribution in [3.63, 3.8) is 0 Å². The van der Waals surface area contributed by atoms with Crippen molar-refractivity contribution in [1.29, 1.82) is 0 Å². The highest BCUT2D eigenvalue weighted by molar-refractivity contribution is 5.31. The van der Waals surface area contributed by atoms with Gasteiger partial charge in [-0.2, -0.15) is 0 Å². The number of nitrogens with zero attached hydrogens (tertiary/aromatic N) is 1. The van der Waals surface area contributed by atoms with E-state index in [0.717, 1.165) is 11.3 Å². The molecule has 0 aromatic carbocycles. The van der Waals surface area contributed by atoms with Gasteiger partial charge < -0.3 is 0 Å². The quantitative estimate of drug-likeness (QED) is 0.380. The van der Waals surface area contributed by atoms with Crippen molar-refractivity contribution >= 4 is 6.72 Å². The van der Waals surface area contributed by atoms with Crippen LogP contribution < -0.4 is 0 Å². The van der Waals surface area contributed by atoms with Crippen LogP contribution in [0.5, 0.6) is 0 Å². The van der Waals surface area contributed by atoms with Crippen molar-refractivity contribution in [2.24, 2.45) is 4.99 Å². The third-order valence-corrected chi connectivity index (χ3v) is 1.11. The van der Waals surface area contributed by atoms with E-state index in [1.807, 2.05) is 13.8 Å². The second-order valence-electron chi connectivity index (χ2n) is 1.63. The fraction of sp³-hybridized carbons (Fsp3) is 0.286. The van der Waals surface area contributed by atoms with Crippen molar-refractivity contribution in [3.8, 4) is 0 Å². The standard InChI is InChI=1S/C7H11N/c1-5-6(2)7(3)8-4/h5H,1,4H2,2-3H3/b7-6-. The molecule has 0 aliphatic heterocycles. The average Bonchev–Trinajstić information content (AvgIpc) is 1.84. The first-order valence-electron chi connectivity index (χ1n) is 2.49. The van der Waals surface area contributed by atoms with Crippen molar-refractivity contribution in [3.05, 3.63) is 23.9 Å². The Kier molecular flexibility index (Phi) is 2.85. The summed E-state index contributed by atoms with van der Waals surface area (Å²) >= 11 is 0. The van der Waals surface area contributed by atoms with E-state index >= 15 is 0 Å². The Bertz CT molecular complexity index is 115. The molecule has 0 rings (SSSR count). The Morgan fingerprint density at radius 3 is 2.12 bits per heavy atom. The summed E-state index contributed by atoms with van der Waals surface area (Å²) in [6.45, 7) is 10.8. The lowest BCUT2D eigenvalue weighted by molar-refractivity contribution is 1.25. The molecule has 0 aliphatic carbocycles. The predicted octanol–water partition coefficient (Wildman–Crippen LogP) is 2.17.